The standard InChI is InChI=1S/C13H19ClN2O/c1-3-5-10(4-2)9-16-13(17)11-6-7-15-12(14)8-11/h6-8,10H,3-5,9H2,1-2H3,(H,16,17). The Morgan fingerprint density at radius 2 is 2.29 bits per heavy atom. The molecule has 1 aromatic heterocycles. The van der Waals surface area contributed by atoms with Crippen LogP contribution >= 0.6 is 11.6 Å². The Balaban J connectivity index is 2.49. The van der Waals surface area contributed by atoms with E-state index in [2.05, 4.69) is 24.1 Å². The van der Waals surface area contributed by atoms with Crippen molar-refractivity contribution in [2.45, 2.75) is 33.1 Å². The summed E-state index contributed by atoms with van der Waals surface area (Å²) in [5.41, 5.74) is 0.566. The fourth-order valence-corrected chi connectivity index (χ4v) is 1.92. The zero-order valence-corrected chi connectivity index (χ0v) is 11.1. The van der Waals surface area contributed by atoms with Crippen molar-refractivity contribution >= 4 is 17.5 Å². The zero-order valence-electron chi connectivity index (χ0n) is 10.4. The van der Waals surface area contributed by atoms with Crippen LogP contribution in [-0.2, 0) is 0 Å². The van der Waals surface area contributed by atoms with Gasteiger partial charge in [-0.05, 0) is 24.5 Å². The molecule has 3 nitrogen and oxygen atoms in total. The fourth-order valence-electron chi connectivity index (χ4n) is 1.74. The lowest BCUT2D eigenvalue weighted by atomic mass is 10.0. The molecule has 0 fully saturated rings. The van der Waals surface area contributed by atoms with E-state index in [0.717, 1.165) is 25.8 Å². The second-order valence-electron chi connectivity index (χ2n) is 4.14. The summed E-state index contributed by atoms with van der Waals surface area (Å²) in [5, 5.41) is 3.28. The van der Waals surface area contributed by atoms with Crippen molar-refractivity contribution in [3.8, 4) is 0 Å². The van der Waals surface area contributed by atoms with Crippen LogP contribution in [0.4, 0.5) is 0 Å². The summed E-state index contributed by atoms with van der Waals surface area (Å²) in [6, 6.07) is 3.25. The number of hydrogen-bond acceptors (Lipinski definition) is 2. The number of hydrogen-bond donors (Lipinski definition) is 1. The third-order valence-corrected chi connectivity index (χ3v) is 3.02. The van der Waals surface area contributed by atoms with Crippen molar-refractivity contribution in [2.75, 3.05) is 6.54 Å². The lowest BCUT2D eigenvalue weighted by molar-refractivity contribution is 0.0946. The molecule has 1 heterocycles. The van der Waals surface area contributed by atoms with Gasteiger partial charge in [-0.1, -0.05) is 38.3 Å². The fraction of sp³-hybridized carbons (Fsp3) is 0.538. The normalized spacial score (nSPS) is 12.2. The van der Waals surface area contributed by atoms with Crippen molar-refractivity contribution in [3.05, 3.63) is 29.0 Å². The molecule has 94 valence electrons. The van der Waals surface area contributed by atoms with Gasteiger partial charge in [0.2, 0.25) is 0 Å². The smallest absolute Gasteiger partial charge is 0.251 e. The van der Waals surface area contributed by atoms with Gasteiger partial charge in [-0.2, -0.15) is 0 Å². The molecule has 0 saturated carbocycles. The number of nitrogens with one attached hydrogen (secondary N) is 1. The first-order valence-electron chi connectivity index (χ1n) is 6.07. The van der Waals surface area contributed by atoms with Crippen LogP contribution in [0.1, 0.15) is 43.5 Å². The number of carbonyl (C=O) groups is 1. The summed E-state index contributed by atoms with van der Waals surface area (Å²) in [5.74, 6) is 0.477. The SMILES string of the molecule is CCCC(CC)CNC(=O)c1ccnc(Cl)c1. The van der Waals surface area contributed by atoms with Crippen molar-refractivity contribution in [2.24, 2.45) is 5.92 Å². The Morgan fingerprint density at radius 3 is 2.88 bits per heavy atom. The van der Waals surface area contributed by atoms with Crippen LogP contribution in [0.3, 0.4) is 0 Å². The van der Waals surface area contributed by atoms with Crippen LogP contribution < -0.4 is 5.32 Å². The predicted octanol–water partition coefficient (Wildman–Crippen LogP) is 3.29. The number of amides is 1. The average Bonchev–Trinajstić information content (AvgIpc) is 2.34. The maximum absolute atomic E-state index is 11.8. The Hall–Kier alpha value is -1.09. The van der Waals surface area contributed by atoms with Gasteiger partial charge in [0.15, 0.2) is 0 Å². The largest absolute Gasteiger partial charge is 0.352 e. The van der Waals surface area contributed by atoms with Gasteiger partial charge >= 0.3 is 0 Å². The second kappa shape index (κ2) is 7.28. The summed E-state index contributed by atoms with van der Waals surface area (Å²) in [6.07, 6.45) is 4.93. The molecular formula is C13H19ClN2O. The first-order valence-corrected chi connectivity index (χ1v) is 6.44. The van der Waals surface area contributed by atoms with Crippen molar-refractivity contribution in [1.29, 1.82) is 0 Å². The molecule has 1 rings (SSSR count). The van der Waals surface area contributed by atoms with Gasteiger partial charge in [-0.3, -0.25) is 4.79 Å². The number of carbonyl (C=O) groups excluding carboxylic acids is 1. The molecule has 17 heavy (non-hydrogen) atoms. The number of halogens is 1. The number of rotatable bonds is 6. The molecule has 0 bridgehead atoms. The second-order valence-corrected chi connectivity index (χ2v) is 4.53. The van der Waals surface area contributed by atoms with Crippen LogP contribution in [0.25, 0.3) is 0 Å². The van der Waals surface area contributed by atoms with E-state index in [4.69, 9.17) is 11.6 Å². The average molecular weight is 255 g/mol. The highest BCUT2D eigenvalue weighted by Crippen LogP contribution is 2.10. The third-order valence-electron chi connectivity index (χ3n) is 2.81. The molecule has 1 atom stereocenters. The summed E-state index contributed by atoms with van der Waals surface area (Å²) in [7, 11) is 0. The minimum absolute atomic E-state index is 0.0798. The van der Waals surface area contributed by atoms with Crippen LogP contribution in [0.15, 0.2) is 18.3 Å². The van der Waals surface area contributed by atoms with Crippen LogP contribution in [0.5, 0.6) is 0 Å². The van der Waals surface area contributed by atoms with E-state index in [1.807, 2.05) is 0 Å². The van der Waals surface area contributed by atoms with E-state index in [1.54, 1.807) is 18.3 Å². The Morgan fingerprint density at radius 1 is 1.53 bits per heavy atom. The Bertz CT molecular complexity index is 368. The van der Waals surface area contributed by atoms with Crippen molar-refractivity contribution in [1.82, 2.24) is 10.3 Å². The maximum Gasteiger partial charge on any atom is 0.251 e. The van der Waals surface area contributed by atoms with E-state index in [1.165, 1.54) is 0 Å². The maximum atomic E-state index is 11.8. The Kier molecular flexibility index (Phi) is 5.98. The van der Waals surface area contributed by atoms with Crippen LogP contribution in [0, 0.1) is 5.92 Å². The van der Waals surface area contributed by atoms with Gasteiger partial charge in [0, 0.05) is 18.3 Å². The van der Waals surface area contributed by atoms with Gasteiger partial charge in [-0.15, -0.1) is 0 Å². The lowest BCUT2D eigenvalue weighted by Gasteiger charge is -2.14. The van der Waals surface area contributed by atoms with E-state index < -0.39 is 0 Å². The first-order chi connectivity index (χ1) is 8.17. The minimum Gasteiger partial charge on any atom is -0.352 e. The molecule has 0 radical (unpaired) electrons. The number of nitrogens with zero attached hydrogens (tertiary/aromatic N) is 1. The van der Waals surface area contributed by atoms with Gasteiger partial charge in [-0.25, -0.2) is 4.98 Å². The van der Waals surface area contributed by atoms with Gasteiger partial charge in [0.25, 0.3) is 5.91 Å². The van der Waals surface area contributed by atoms with E-state index >= 15 is 0 Å². The zero-order chi connectivity index (χ0) is 12.7. The molecule has 0 aliphatic carbocycles. The molecular weight excluding hydrogens is 236 g/mol. The molecule has 0 aliphatic rings. The lowest BCUT2D eigenvalue weighted by Crippen LogP contribution is -2.29. The first kappa shape index (κ1) is 14.0. The Labute approximate surface area is 108 Å². The van der Waals surface area contributed by atoms with E-state index in [-0.39, 0.29) is 5.91 Å². The van der Waals surface area contributed by atoms with Crippen molar-refractivity contribution < 1.29 is 4.79 Å². The van der Waals surface area contributed by atoms with E-state index in [9.17, 15) is 4.79 Å². The number of aromatic nitrogens is 1. The highest BCUT2D eigenvalue weighted by atomic mass is 35.5. The van der Waals surface area contributed by atoms with Crippen LogP contribution in [0.2, 0.25) is 5.15 Å². The molecule has 0 aromatic carbocycles. The molecule has 4 heteroatoms. The molecule has 1 amide bonds. The summed E-state index contributed by atoms with van der Waals surface area (Å²) >= 11 is 5.74. The highest BCUT2D eigenvalue weighted by molar-refractivity contribution is 6.29. The predicted molar refractivity (Wildman–Crippen MR) is 70.3 cm³/mol. The molecule has 1 unspecified atom stereocenters. The summed E-state index contributed by atoms with van der Waals surface area (Å²) in [6.45, 7) is 5.03. The monoisotopic (exact) mass is 254 g/mol. The molecule has 1 aromatic rings. The molecule has 0 aliphatic heterocycles. The minimum atomic E-state index is -0.0798. The highest BCUT2D eigenvalue weighted by Gasteiger charge is 2.09. The van der Waals surface area contributed by atoms with Gasteiger partial charge < -0.3 is 5.32 Å². The summed E-state index contributed by atoms with van der Waals surface area (Å²) < 4.78 is 0. The van der Waals surface area contributed by atoms with Gasteiger partial charge in [0.05, 0.1) is 0 Å². The van der Waals surface area contributed by atoms with E-state index in [0.29, 0.717) is 16.6 Å². The number of pyridine rings is 1. The molecule has 0 spiro atoms. The van der Waals surface area contributed by atoms with Crippen molar-refractivity contribution in [3.63, 3.8) is 0 Å². The topological polar surface area (TPSA) is 42.0 Å². The van der Waals surface area contributed by atoms with Crippen LogP contribution in [-0.4, -0.2) is 17.4 Å². The molecule has 1 N–H and O–H groups in total. The molecule has 0 saturated heterocycles. The van der Waals surface area contributed by atoms with Gasteiger partial charge in [0.1, 0.15) is 5.15 Å². The third kappa shape index (κ3) is 4.73. The summed E-state index contributed by atoms with van der Waals surface area (Å²) in [4.78, 5) is 15.7. The quantitative estimate of drug-likeness (QED) is 0.792.